The number of benzene rings is 2. The van der Waals surface area contributed by atoms with Gasteiger partial charge < -0.3 is 10.6 Å². The molecule has 6 heteroatoms. The SMILES string of the molecule is O=C(CSc1ccccc1C(=O)NCc1ccccc1F)NC1CCCCCCC1. The van der Waals surface area contributed by atoms with Crippen molar-refractivity contribution in [1.82, 2.24) is 10.6 Å². The number of rotatable bonds is 7. The molecule has 1 aliphatic rings. The third kappa shape index (κ3) is 6.87. The van der Waals surface area contributed by atoms with Crippen LogP contribution in [0.5, 0.6) is 0 Å². The van der Waals surface area contributed by atoms with Gasteiger partial charge in [-0.25, -0.2) is 4.39 Å². The normalized spacial score (nSPS) is 15.1. The van der Waals surface area contributed by atoms with Gasteiger partial charge in [0.25, 0.3) is 5.91 Å². The van der Waals surface area contributed by atoms with Crippen molar-refractivity contribution < 1.29 is 14.0 Å². The molecule has 0 aliphatic heterocycles. The number of hydrogen-bond acceptors (Lipinski definition) is 3. The summed E-state index contributed by atoms with van der Waals surface area (Å²) in [7, 11) is 0. The molecule has 1 fully saturated rings. The second kappa shape index (κ2) is 11.7. The minimum Gasteiger partial charge on any atom is -0.353 e. The Bertz CT molecular complexity index is 851. The second-order valence-corrected chi connectivity index (χ2v) is 8.69. The van der Waals surface area contributed by atoms with Gasteiger partial charge in [-0.1, -0.05) is 62.4 Å². The first kappa shape index (κ1) is 22.3. The fourth-order valence-corrected chi connectivity index (χ4v) is 4.57. The molecule has 160 valence electrons. The van der Waals surface area contributed by atoms with E-state index in [1.54, 1.807) is 30.3 Å². The van der Waals surface area contributed by atoms with E-state index >= 15 is 0 Å². The molecular weight excluding hydrogens is 399 g/mol. The molecule has 2 N–H and O–H groups in total. The van der Waals surface area contributed by atoms with E-state index in [1.807, 2.05) is 12.1 Å². The topological polar surface area (TPSA) is 58.2 Å². The van der Waals surface area contributed by atoms with Crippen LogP contribution in [0.25, 0.3) is 0 Å². The lowest BCUT2D eigenvalue weighted by atomic mass is 9.97. The Morgan fingerprint density at radius 1 is 0.933 bits per heavy atom. The zero-order valence-corrected chi connectivity index (χ0v) is 18.0. The molecular formula is C24H29FN2O2S. The molecule has 3 rings (SSSR count). The van der Waals surface area contributed by atoms with E-state index in [-0.39, 0.29) is 36.0 Å². The van der Waals surface area contributed by atoms with Gasteiger partial charge in [0.1, 0.15) is 5.82 Å². The van der Waals surface area contributed by atoms with Crippen molar-refractivity contribution in [3.05, 3.63) is 65.5 Å². The van der Waals surface area contributed by atoms with Gasteiger partial charge in [-0.05, 0) is 31.0 Å². The minimum atomic E-state index is -0.341. The fraction of sp³-hybridized carbons (Fsp3) is 0.417. The van der Waals surface area contributed by atoms with Crippen LogP contribution in [0.4, 0.5) is 4.39 Å². The summed E-state index contributed by atoms with van der Waals surface area (Å²) in [6, 6.07) is 13.8. The van der Waals surface area contributed by atoms with E-state index in [2.05, 4.69) is 10.6 Å². The van der Waals surface area contributed by atoms with Crippen LogP contribution in [-0.4, -0.2) is 23.6 Å². The highest BCUT2D eigenvalue weighted by Gasteiger charge is 2.16. The summed E-state index contributed by atoms with van der Waals surface area (Å²) in [6.45, 7) is 0.118. The first-order valence-electron chi connectivity index (χ1n) is 10.7. The van der Waals surface area contributed by atoms with Crippen LogP contribution in [0.2, 0.25) is 0 Å². The molecule has 0 radical (unpaired) electrons. The molecule has 1 aliphatic carbocycles. The Morgan fingerprint density at radius 2 is 1.60 bits per heavy atom. The van der Waals surface area contributed by atoms with Gasteiger partial charge in [0.05, 0.1) is 11.3 Å². The quantitative estimate of drug-likeness (QED) is 0.605. The molecule has 30 heavy (non-hydrogen) atoms. The van der Waals surface area contributed by atoms with Gasteiger partial charge in [0.2, 0.25) is 5.91 Å². The Kier molecular flexibility index (Phi) is 8.75. The highest BCUT2D eigenvalue weighted by molar-refractivity contribution is 8.00. The van der Waals surface area contributed by atoms with Crippen molar-refractivity contribution in [3.8, 4) is 0 Å². The van der Waals surface area contributed by atoms with Gasteiger partial charge in [0, 0.05) is 23.0 Å². The highest BCUT2D eigenvalue weighted by Crippen LogP contribution is 2.23. The molecule has 0 atom stereocenters. The van der Waals surface area contributed by atoms with E-state index in [0.717, 1.165) is 17.7 Å². The first-order chi connectivity index (χ1) is 14.6. The lowest BCUT2D eigenvalue weighted by molar-refractivity contribution is -0.119. The molecule has 0 bridgehead atoms. The Hall–Kier alpha value is -2.34. The van der Waals surface area contributed by atoms with Crippen LogP contribution in [-0.2, 0) is 11.3 Å². The highest BCUT2D eigenvalue weighted by atomic mass is 32.2. The summed E-state index contributed by atoms with van der Waals surface area (Å²) >= 11 is 1.36. The summed E-state index contributed by atoms with van der Waals surface area (Å²) < 4.78 is 13.8. The smallest absolute Gasteiger partial charge is 0.252 e. The summed E-state index contributed by atoms with van der Waals surface area (Å²) in [5.41, 5.74) is 0.937. The number of carbonyl (C=O) groups is 2. The number of amides is 2. The van der Waals surface area contributed by atoms with Crippen molar-refractivity contribution in [2.75, 3.05) is 5.75 Å². The van der Waals surface area contributed by atoms with Gasteiger partial charge in [-0.2, -0.15) is 0 Å². The number of thioether (sulfide) groups is 1. The average molecular weight is 429 g/mol. The van der Waals surface area contributed by atoms with Crippen LogP contribution in [0.15, 0.2) is 53.4 Å². The van der Waals surface area contributed by atoms with Crippen molar-refractivity contribution in [2.24, 2.45) is 0 Å². The standard InChI is InChI=1S/C24H29FN2O2S/c25-21-14-8-6-10-18(21)16-26-24(29)20-13-7-9-15-22(20)30-17-23(28)27-19-11-4-2-1-3-5-12-19/h6-10,13-15,19H,1-5,11-12,16-17H2,(H,26,29)(H,27,28). The van der Waals surface area contributed by atoms with Crippen LogP contribution in [0, 0.1) is 5.82 Å². The number of carbonyl (C=O) groups excluding carboxylic acids is 2. The van der Waals surface area contributed by atoms with Crippen LogP contribution in [0.1, 0.15) is 60.9 Å². The van der Waals surface area contributed by atoms with Crippen LogP contribution >= 0.6 is 11.8 Å². The summed E-state index contributed by atoms with van der Waals surface area (Å²) in [5.74, 6) is -0.339. The number of hydrogen-bond donors (Lipinski definition) is 2. The van der Waals surface area contributed by atoms with Crippen molar-refractivity contribution in [2.45, 2.75) is 62.4 Å². The predicted octanol–water partition coefficient (Wildman–Crippen LogP) is 5.08. The molecule has 2 aromatic rings. The largest absolute Gasteiger partial charge is 0.353 e. The predicted molar refractivity (Wildman–Crippen MR) is 119 cm³/mol. The maximum absolute atomic E-state index is 13.8. The van der Waals surface area contributed by atoms with Gasteiger partial charge in [-0.3, -0.25) is 9.59 Å². The Balaban J connectivity index is 1.53. The van der Waals surface area contributed by atoms with Gasteiger partial charge in [0.15, 0.2) is 0 Å². The summed E-state index contributed by atoms with van der Waals surface area (Å²) in [5, 5.41) is 5.93. The monoisotopic (exact) mass is 428 g/mol. The molecule has 0 spiro atoms. The Morgan fingerprint density at radius 3 is 2.37 bits per heavy atom. The van der Waals surface area contributed by atoms with E-state index in [4.69, 9.17) is 0 Å². The zero-order chi connectivity index (χ0) is 21.2. The molecule has 0 saturated heterocycles. The van der Waals surface area contributed by atoms with E-state index in [9.17, 15) is 14.0 Å². The van der Waals surface area contributed by atoms with Gasteiger partial charge >= 0.3 is 0 Å². The van der Waals surface area contributed by atoms with E-state index in [1.165, 1.54) is 49.9 Å². The van der Waals surface area contributed by atoms with Crippen molar-refractivity contribution in [3.63, 3.8) is 0 Å². The molecule has 2 amide bonds. The Labute approximate surface area is 182 Å². The number of halogens is 1. The first-order valence-corrected chi connectivity index (χ1v) is 11.6. The van der Waals surface area contributed by atoms with Crippen LogP contribution < -0.4 is 10.6 Å². The molecule has 1 saturated carbocycles. The molecule has 2 aromatic carbocycles. The molecule has 0 aromatic heterocycles. The summed E-state index contributed by atoms with van der Waals surface area (Å²) in [6.07, 6.45) is 8.22. The maximum atomic E-state index is 13.8. The molecule has 4 nitrogen and oxygen atoms in total. The maximum Gasteiger partial charge on any atom is 0.252 e. The van der Waals surface area contributed by atoms with E-state index < -0.39 is 0 Å². The lowest BCUT2D eigenvalue weighted by Crippen LogP contribution is -2.36. The van der Waals surface area contributed by atoms with Crippen molar-refractivity contribution in [1.29, 1.82) is 0 Å². The number of nitrogens with one attached hydrogen (secondary N) is 2. The fourth-order valence-electron chi connectivity index (χ4n) is 3.71. The molecule has 0 heterocycles. The second-order valence-electron chi connectivity index (χ2n) is 7.67. The van der Waals surface area contributed by atoms with Crippen LogP contribution in [0.3, 0.4) is 0 Å². The van der Waals surface area contributed by atoms with Gasteiger partial charge in [-0.15, -0.1) is 11.8 Å². The third-order valence-electron chi connectivity index (χ3n) is 5.36. The zero-order valence-electron chi connectivity index (χ0n) is 17.2. The third-order valence-corrected chi connectivity index (χ3v) is 6.43. The van der Waals surface area contributed by atoms with Crippen molar-refractivity contribution >= 4 is 23.6 Å². The summed E-state index contributed by atoms with van der Waals surface area (Å²) in [4.78, 5) is 25.8. The lowest BCUT2D eigenvalue weighted by Gasteiger charge is -2.21. The van der Waals surface area contributed by atoms with E-state index in [0.29, 0.717) is 11.1 Å². The molecule has 0 unspecified atom stereocenters. The average Bonchev–Trinajstić information content (AvgIpc) is 2.73. The minimum absolute atomic E-state index is 0.00661.